The Hall–Kier alpha value is -1.93. The summed E-state index contributed by atoms with van der Waals surface area (Å²) in [5.74, 6) is 1.13. The van der Waals surface area contributed by atoms with Crippen LogP contribution < -0.4 is 10.2 Å². The number of nitrogens with one attached hydrogen (secondary N) is 1. The van der Waals surface area contributed by atoms with Gasteiger partial charge >= 0.3 is 0 Å². The van der Waals surface area contributed by atoms with Gasteiger partial charge in [-0.05, 0) is 37.8 Å². The van der Waals surface area contributed by atoms with Gasteiger partial charge in [-0.2, -0.15) is 0 Å². The lowest BCUT2D eigenvalue weighted by molar-refractivity contribution is -0.132. The zero-order valence-corrected chi connectivity index (χ0v) is 14.3. The van der Waals surface area contributed by atoms with Gasteiger partial charge in [0.1, 0.15) is 16.9 Å². The highest BCUT2D eigenvalue weighted by Crippen LogP contribution is 2.35. The van der Waals surface area contributed by atoms with E-state index in [0.717, 1.165) is 41.8 Å². The molecule has 24 heavy (non-hydrogen) atoms. The number of amides is 1. The molecular weight excluding hydrogens is 328 g/mol. The van der Waals surface area contributed by atoms with Gasteiger partial charge in [0.25, 0.3) is 0 Å². The third-order valence-corrected chi connectivity index (χ3v) is 5.55. The van der Waals surface area contributed by atoms with Crippen LogP contribution in [0.3, 0.4) is 0 Å². The molecule has 0 aromatic carbocycles. The van der Waals surface area contributed by atoms with Gasteiger partial charge in [0.2, 0.25) is 11.0 Å². The minimum absolute atomic E-state index is 0.0564. The van der Waals surface area contributed by atoms with Crippen molar-refractivity contribution >= 4 is 22.4 Å². The molecule has 0 radical (unpaired) electrons. The van der Waals surface area contributed by atoms with Crippen molar-refractivity contribution < 1.29 is 13.9 Å². The highest BCUT2D eigenvalue weighted by atomic mass is 32.1. The summed E-state index contributed by atoms with van der Waals surface area (Å²) in [4.78, 5) is 14.5. The molecule has 0 saturated carbocycles. The van der Waals surface area contributed by atoms with Crippen LogP contribution in [0.1, 0.15) is 23.6 Å². The van der Waals surface area contributed by atoms with Crippen LogP contribution in [0.2, 0.25) is 0 Å². The van der Waals surface area contributed by atoms with Crippen LogP contribution in [0, 0.1) is 12.8 Å². The number of carbonyl (C=O) groups excluding carboxylic acids is 1. The second-order valence-corrected chi connectivity index (χ2v) is 7.45. The highest BCUT2D eigenvalue weighted by Gasteiger charge is 2.42. The van der Waals surface area contributed by atoms with Crippen LogP contribution in [0.5, 0.6) is 0 Å². The number of anilines is 1. The van der Waals surface area contributed by atoms with Gasteiger partial charge < -0.3 is 19.4 Å². The number of hydrogen-bond acceptors (Lipinski definition) is 7. The molecule has 2 aliphatic heterocycles. The van der Waals surface area contributed by atoms with Crippen LogP contribution in [0.25, 0.3) is 0 Å². The normalized spacial score (nSPS) is 26.4. The zero-order chi connectivity index (χ0) is 16.5. The summed E-state index contributed by atoms with van der Waals surface area (Å²) < 4.78 is 11.3. The molecule has 4 rings (SSSR count). The fourth-order valence-electron chi connectivity index (χ4n) is 3.39. The molecule has 4 heterocycles. The summed E-state index contributed by atoms with van der Waals surface area (Å²) in [6.07, 6.45) is 3.13. The van der Waals surface area contributed by atoms with Crippen LogP contribution in [-0.4, -0.2) is 41.4 Å². The third-order valence-electron chi connectivity index (χ3n) is 4.65. The van der Waals surface area contributed by atoms with Crippen LogP contribution in [-0.2, 0) is 16.1 Å². The first-order chi connectivity index (χ1) is 11.7. The molecule has 2 aromatic heterocycles. The van der Waals surface area contributed by atoms with E-state index in [9.17, 15) is 4.79 Å². The molecular formula is C16H20N4O3S. The van der Waals surface area contributed by atoms with Crippen LogP contribution >= 0.6 is 11.3 Å². The number of rotatable bonds is 4. The van der Waals surface area contributed by atoms with E-state index in [-0.39, 0.29) is 18.1 Å². The van der Waals surface area contributed by atoms with Gasteiger partial charge in [-0.25, -0.2) is 0 Å². The lowest BCUT2D eigenvalue weighted by Crippen LogP contribution is -2.42. The fourth-order valence-corrected chi connectivity index (χ4v) is 4.11. The van der Waals surface area contributed by atoms with Crippen LogP contribution in [0.4, 0.5) is 5.13 Å². The summed E-state index contributed by atoms with van der Waals surface area (Å²) >= 11 is 1.60. The molecule has 1 amide bonds. The summed E-state index contributed by atoms with van der Waals surface area (Å²) in [5.41, 5.74) is 0. The van der Waals surface area contributed by atoms with Gasteiger partial charge in [-0.3, -0.25) is 4.79 Å². The van der Waals surface area contributed by atoms with Gasteiger partial charge in [-0.1, -0.05) is 11.3 Å². The van der Waals surface area contributed by atoms with Gasteiger partial charge in [-0.15, -0.1) is 10.2 Å². The number of aryl methyl sites for hydroxylation is 1. The highest BCUT2D eigenvalue weighted by molar-refractivity contribution is 7.15. The van der Waals surface area contributed by atoms with Gasteiger partial charge in [0, 0.05) is 13.1 Å². The molecule has 0 aliphatic carbocycles. The first-order valence-electron chi connectivity index (χ1n) is 8.19. The van der Waals surface area contributed by atoms with Crippen LogP contribution in [0.15, 0.2) is 22.8 Å². The Morgan fingerprint density at radius 1 is 1.50 bits per heavy atom. The number of ether oxygens (including phenoxy) is 1. The van der Waals surface area contributed by atoms with E-state index in [0.29, 0.717) is 12.5 Å². The van der Waals surface area contributed by atoms with E-state index in [1.54, 1.807) is 17.6 Å². The van der Waals surface area contributed by atoms with E-state index >= 15 is 0 Å². The Balaban J connectivity index is 1.33. The molecule has 0 spiro atoms. The van der Waals surface area contributed by atoms with Crippen molar-refractivity contribution in [1.29, 1.82) is 0 Å². The predicted molar refractivity (Wildman–Crippen MR) is 88.8 cm³/mol. The lowest BCUT2D eigenvalue weighted by Gasteiger charge is -2.33. The number of carbonyl (C=O) groups is 1. The Labute approximate surface area is 144 Å². The van der Waals surface area contributed by atoms with Crippen molar-refractivity contribution in [3.8, 4) is 0 Å². The summed E-state index contributed by atoms with van der Waals surface area (Å²) in [6.45, 7) is 4.08. The minimum atomic E-state index is -0.369. The molecule has 2 fully saturated rings. The monoisotopic (exact) mass is 348 g/mol. The van der Waals surface area contributed by atoms with Gasteiger partial charge in [0.05, 0.1) is 18.9 Å². The second-order valence-electron chi connectivity index (χ2n) is 6.29. The Morgan fingerprint density at radius 2 is 2.42 bits per heavy atom. The summed E-state index contributed by atoms with van der Waals surface area (Å²) in [6, 6.07) is 3.66. The van der Waals surface area contributed by atoms with E-state index in [1.165, 1.54) is 0 Å². The predicted octanol–water partition coefficient (Wildman–Crippen LogP) is 1.74. The number of fused-ring (bicyclic) bond motifs is 1. The molecule has 2 aromatic rings. The van der Waals surface area contributed by atoms with E-state index in [1.807, 2.05) is 19.1 Å². The van der Waals surface area contributed by atoms with E-state index in [2.05, 4.69) is 20.4 Å². The molecule has 0 bridgehead atoms. The molecule has 2 saturated heterocycles. The molecule has 3 atom stereocenters. The largest absolute Gasteiger partial charge is 0.467 e. The van der Waals surface area contributed by atoms with Crippen molar-refractivity contribution in [1.82, 2.24) is 15.5 Å². The second kappa shape index (κ2) is 6.52. The third kappa shape index (κ3) is 3.16. The number of hydrogen-bond donors (Lipinski definition) is 1. The van der Waals surface area contributed by atoms with E-state index in [4.69, 9.17) is 9.15 Å². The molecule has 0 unspecified atom stereocenters. The molecule has 1 N–H and O–H groups in total. The number of piperidine rings is 1. The first-order valence-corrected chi connectivity index (χ1v) is 9.01. The minimum Gasteiger partial charge on any atom is -0.467 e. The maximum absolute atomic E-state index is 12.3. The van der Waals surface area contributed by atoms with Crippen molar-refractivity contribution in [2.24, 2.45) is 5.92 Å². The van der Waals surface area contributed by atoms with Gasteiger partial charge in [0.15, 0.2) is 0 Å². The van der Waals surface area contributed by atoms with Crippen molar-refractivity contribution in [2.45, 2.75) is 38.5 Å². The van der Waals surface area contributed by atoms with Crippen molar-refractivity contribution in [2.75, 3.05) is 18.0 Å². The Bertz CT molecular complexity index is 702. The Kier molecular flexibility index (Phi) is 4.24. The average molecular weight is 348 g/mol. The molecule has 2 aliphatic rings. The average Bonchev–Trinajstić information content (AvgIpc) is 3.31. The summed E-state index contributed by atoms with van der Waals surface area (Å²) in [7, 11) is 0. The first kappa shape index (κ1) is 15.6. The lowest BCUT2D eigenvalue weighted by atomic mass is 9.92. The topological polar surface area (TPSA) is 80.5 Å². The Morgan fingerprint density at radius 3 is 3.17 bits per heavy atom. The van der Waals surface area contributed by atoms with Crippen molar-refractivity contribution in [3.05, 3.63) is 29.2 Å². The zero-order valence-electron chi connectivity index (χ0n) is 13.5. The maximum atomic E-state index is 12.3. The fraction of sp³-hybridized carbons (Fsp3) is 0.562. The molecule has 128 valence electrons. The summed E-state index contributed by atoms with van der Waals surface area (Å²) in [5, 5.41) is 13.1. The smallest absolute Gasteiger partial charge is 0.249 e. The number of furan rings is 1. The quantitative estimate of drug-likeness (QED) is 0.906. The maximum Gasteiger partial charge on any atom is 0.249 e. The standard InChI is InChI=1S/C16H20N4O3S/c1-10-18-19-16(24-10)20-5-4-11-7-13(23-14(11)9-20)15(21)17-8-12-3-2-6-22-12/h2-3,6,11,13-14H,4-5,7-9H2,1H3,(H,17,21)/t11-,13+,14+/m1/s1. The molecule has 8 heteroatoms. The SMILES string of the molecule is Cc1nnc(N2CC[C@@H]3C[C@@H](C(=O)NCc4ccco4)O[C@H]3C2)s1. The number of nitrogens with zero attached hydrogens (tertiary/aromatic N) is 3. The van der Waals surface area contributed by atoms with E-state index < -0.39 is 0 Å². The number of aromatic nitrogens is 2. The molecule has 7 nitrogen and oxygen atoms in total. The van der Waals surface area contributed by atoms with Crippen molar-refractivity contribution in [3.63, 3.8) is 0 Å².